The van der Waals surface area contributed by atoms with Gasteiger partial charge in [0.25, 0.3) is 0 Å². The van der Waals surface area contributed by atoms with Crippen molar-refractivity contribution < 1.29 is 4.74 Å². The molecule has 0 heterocycles. The maximum absolute atomic E-state index is 5.42. The fraction of sp³-hybridized carbons (Fsp3) is 0.111. The first-order chi connectivity index (χ1) is 5.86. The van der Waals surface area contributed by atoms with Crippen LogP contribution in [-0.2, 0) is 0 Å². The Labute approximate surface area is 83.5 Å². The molecule has 1 rings (SSSR count). The average molecular weight is 248 g/mol. The second-order valence-corrected chi connectivity index (χ2v) is 4.36. The van der Waals surface area contributed by atoms with Gasteiger partial charge in [-0.05, 0) is 0 Å². The third kappa shape index (κ3) is 2.90. The summed E-state index contributed by atoms with van der Waals surface area (Å²) >= 11 is 5.76. The van der Waals surface area contributed by atoms with E-state index in [1.807, 2.05) is 17.1 Å². The molecule has 0 fully saturated rings. The van der Waals surface area contributed by atoms with Crippen molar-refractivity contribution in [3.63, 3.8) is 0 Å². The third-order valence-corrected chi connectivity index (χ3v) is 3.49. The molecule has 0 atom stereocenters. The molecule has 0 aliphatic carbocycles. The van der Waals surface area contributed by atoms with Crippen molar-refractivity contribution in [2.75, 3.05) is 7.11 Å². The van der Waals surface area contributed by atoms with Crippen LogP contribution in [0.5, 0.6) is 5.75 Å². The summed E-state index contributed by atoms with van der Waals surface area (Å²) in [6.07, 6.45) is 0. The van der Waals surface area contributed by atoms with Crippen LogP contribution in [0.2, 0.25) is 0 Å². The molecule has 0 radical (unpaired) electrons. The molecule has 0 aromatic heterocycles. The molecule has 0 N–H and O–H groups in total. The van der Waals surface area contributed by atoms with Crippen molar-refractivity contribution in [2.24, 2.45) is 0 Å². The molecule has 0 aliphatic rings. The second kappa shape index (κ2) is 5.26. The summed E-state index contributed by atoms with van der Waals surface area (Å²) in [6.45, 7) is 0. The second-order valence-electron chi connectivity index (χ2n) is 2.06. The predicted molar refractivity (Wildman–Crippen MR) is 53.4 cm³/mol. The zero-order valence-electron chi connectivity index (χ0n) is 6.66. The topological polar surface area (TPSA) is 9.23 Å². The van der Waals surface area contributed by atoms with Gasteiger partial charge >= 0.3 is 83.4 Å². The Kier molecular flexibility index (Phi) is 4.23. The van der Waals surface area contributed by atoms with Gasteiger partial charge in [0.15, 0.2) is 0 Å². The van der Waals surface area contributed by atoms with Crippen LogP contribution in [-0.4, -0.2) is 22.1 Å². The maximum atomic E-state index is 5.42. The number of halogens is 1. The zero-order valence-corrected chi connectivity index (χ0v) is 9.13. The number of hydrogen-bond donors (Lipinski definition) is 0. The molecule has 0 bridgehead atoms. The van der Waals surface area contributed by atoms with E-state index in [-0.39, 0.29) is 0 Å². The third-order valence-electron chi connectivity index (χ3n) is 1.31. The number of benzene rings is 1. The van der Waals surface area contributed by atoms with Crippen LogP contribution in [0.3, 0.4) is 0 Å². The molecule has 64 valence electrons. The Bertz CT molecular complexity index is 256. The van der Waals surface area contributed by atoms with Gasteiger partial charge < -0.3 is 0 Å². The Balaban J connectivity index is 2.64. The molecule has 3 heteroatoms. The van der Waals surface area contributed by atoms with Gasteiger partial charge in [-0.1, -0.05) is 0 Å². The fourth-order valence-corrected chi connectivity index (χ4v) is 2.08. The van der Waals surface area contributed by atoms with E-state index in [4.69, 9.17) is 16.3 Å². The van der Waals surface area contributed by atoms with E-state index in [1.54, 1.807) is 12.6 Å². The fourth-order valence-electron chi connectivity index (χ4n) is 0.759. The van der Waals surface area contributed by atoms with Crippen LogP contribution in [0.15, 0.2) is 34.8 Å². The van der Waals surface area contributed by atoms with Crippen molar-refractivity contribution in [3.05, 3.63) is 34.8 Å². The first-order valence-corrected chi connectivity index (χ1v) is 5.71. The van der Waals surface area contributed by atoms with Gasteiger partial charge in [0.1, 0.15) is 0 Å². The van der Waals surface area contributed by atoms with Crippen LogP contribution in [0.1, 0.15) is 0 Å². The van der Waals surface area contributed by atoms with Crippen LogP contribution in [0, 0.1) is 0 Å². The zero-order chi connectivity index (χ0) is 8.81. The predicted octanol–water partition coefficient (Wildman–Crippen LogP) is 1.73. The van der Waals surface area contributed by atoms with E-state index in [0.717, 1.165) is 5.75 Å². The number of ether oxygens (including phenoxy) is 1. The quantitative estimate of drug-likeness (QED) is 0.740. The van der Waals surface area contributed by atoms with Crippen molar-refractivity contribution in [1.29, 1.82) is 0 Å². The van der Waals surface area contributed by atoms with E-state index >= 15 is 0 Å². The van der Waals surface area contributed by atoms with Crippen molar-refractivity contribution in [3.8, 4) is 5.75 Å². The molecular weight excluding hydrogens is 239 g/mol. The van der Waals surface area contributed by atoms with E-state index in [0.29, 0.717) is 15.0 Å². The summed E-state index contributed by atoms with van der Waals surface area (Å²) in [5.41, 5.74) is 1.56. The van der Waals surface area contributed by atoms with Crippen LogP contribution in [0.25, 0.3) is 0 Å². The summed E-state index contributed by atoms with van der Waals surface area (Å²) in [6, 6.07) is 8.02. The molecular formula is C9H9ClOSe. The summed E-state index contributed by atoms with van der Waals surface area (Å²) in [4.78, 5) is 1.97. The molecule has 1 aromatic rings. The average Bonchev–Trinajstić information content (AvgIpc) is 2.15. The number of methoxy groups -OCH3 is 1. The van der Waals surface area contributed by atoms with Crippen LogP contribution >= 0.6 is 11.6 Å². The van der Waals surface area contributed by atoms with E-state index < -0.39 is 0 Å². The van der Waals surface area contributed by atoms with Crippen molar-refractivity contribution in [2.45, 2.75) is 0 Å². The molecule has 0 saturated carbocycles. The van der Waals surface area contributed by atoms with Crippen LogP contribution < -0.4 is 9.20 Å². The summed E-state index contributed by atoms with van der Waals surface area (Å²) in [5.74, 6) is 0.893. The Morgan fingerprint density at radius 2 is 2.00 bits per heavy atom. The van der Waals surface area contributed by atoms with Crippen molar-refractivity contribution in [1.82, 2.24) is 0 Å². The number of rotatable bonds is 3. The van der Waals surface area contributed by atoms with Gasteiger partial charge in [-0.15, -0.1) is 0 Å². The summed E-state index contributed by atoms with van der Waals surface area (Å²) in [5, 5.41) is 0. The molecule has 0 unspecified atom stereocenters. The van der Waals surface area contributed by atoms with E-state index in [9.17, 15) is 0 Å². The van der Waals surface area contributed by atoms with E-state index in [2.05, 4.69) is 12.1 Å². The van der Waals surface area contributed by atoms with Gasteiger partial charge in [-0.3, -0.25) is 0 Å². The van der Waals surface area contributed by atoms with Crippen molar-refractivity contribution >= 4 is 31.0 Å². The summed E-state index contributed by atoms with van der Waals surface area (Å²) < 4.78 is 6.33. The first-order valence-electron chi connectivity index (χ1n) is 3.43. The van der Waals surface area contributed by atoms with Gasteiger partial charge in [-0.2, -0.15) is 0 Å². The molecule has 0 aliphatic heterocycles. The minimum absolute atomic E-state index is 0.341. The first kappa shape index (κ1) is 9.66. The van der Waals surface area contributed by atoms with Crippen LogP contribution in [0.4, 0.5) is 0 Å². The monoisotopic (exact) mass is 248 g/mol. The Morgan fingerprint density at radius 1 is 1.33 bits per heavy atom. The van der Waals surface area contributed by atoms with E-state index in [1.165, 1.54) is 4.46 Å². The van der Waals surface area contributed by atoms with Gasteiger partial charge in [0, 0.05) is 0 Å². The molecule has 0 amide bonds. The molecule has 12 heavy (non-hydrogen) atoms. The normalized spacial score (nSPS) is 10.5. The standard InChI is InChI=1S/C9H9ClOSe/c1-11-8-2-4-9(5-3-8)12-7-6-10/h2-7H,1H3/b7-6+. The number of hydrogen-bond acceptors (Lipinski definition) is 1. The van der Waals surface area contributed by atoms with Gasteiger partial charge in [0.2, 0.25) is 0 Å². The van der Waals surface area contributed by atoms with Gasteiger partial charge in [-0.25, -0.2) is 0 Å². The minimum atomic E-state index is 0.341. The molecule has 1 aromatic carbocycles. The molecule has 1 nitrogen and oxygen atoms in total. The molecule has 0 saturated heterocycles. The Hall–Kier alpha value is -0.431. The Morgan fingerprint density at radius 3 is 2.50 bits per heavy atom. The molecule has 0 spiro atoms. The summed E-state index contributed by atoms with van der Waals surface area (Å²) in [7, 11) is 1.67. The SMILES string of the molecule is COc1ccc([Se]/C=C/Cl)cc1. The van der Waals surface area contributed by atoms with Gasteiger partial charge in [0.05, 0.1) is 0 Å².